The highest BCUT2D eigenvalue weighted by Crippen LogP contribution is 2.31. The lowest BCUT2D eigenvalue weighted by atomic mass is 10.0. The summed E-state index contributed by atoms with van der Waals surface area (Å²) < 4.78 is 11.3. The zero-order valence-corrected chi connectivity index (χ0v) is 17.6. The van der Waals surface area contributed by atoms with E-state index in [-0.39, 0.29) is 11.9 Å². The van der Waals surface area contributed by atoms with E-state index in [2.05, 4.69) is 5.32 Å². The summed E-state index contributed by atoms with van der Waals surface area (Å²) in [5.41, 5.74) is 3.38. The molecule has 3 aromatic rings. The zero-order valence-electron chi connectivity index (χ0n) is 16.8. The highest BCUT2D eigenvalue weighted by molar-refractivity contribution is 6.32. The molecule has 0 saturated carbocycles. The van der Waals surface area contributed by atoms with E-state index in [0.717, 1.165) is 27.8 Å². The van der Waals surface area contributed by atoms with Crippen molar-refractivity contribution in [1.82, 2.24) is 10.2 Å². The van der Waals surface area contributed by atoms with Gasteiger partial charge in [0, 0.05) is 28.1 Å². The zero-order chi connectivity index (χ0) is 20.4. The number of benzene rings is 2. The standard InChI is InChI=1S/C22H25ClN2O3/c1-13-10-20-16(11-17(13)23)14(2)21(28-20)22(26)24-12-18(25(3)4)15-8-6-7-9-19(15)27-5/h6-11,18H,12H2,1-5H3,(H,24,26). The first-order chi connectivity index (χ1) is 13.3. The normalized spacial score (nSPS) is 12.4. The number of aryl methyl sites for hydroxylation is 2. The quantitative estimate of drug-likeness (QED) is 0.649. The fraction of sp³-hybridized carbons (Fsp3) is 0.318. The van der Waals surface area contributed by atoms with Crippen molar-refractivity contribution in [3.63, 3.8) is 0 Å². The van der Waals surface area contributed by atoms with E-state index in [9.17, 15) is 4.79 Å². The van der Waals surface area contributed by atoms with Gasteiger partial charge in [0.15, 0.2) is 5.76 Å². The molecule has 3 rings (SSSR count). The second kappa shape index (κ2) is 8.25. The number of hydrogen-bond donors (Lipinski definition) is 1. The van der Waals surface area contributed by atoms with E-state index in [0.29, 0.717) is 22.9 Å². The number of amides is 1. The molecule has 6 heteroatoms. The summed E-state index contributed by atoms with van der Waals surface area (Å²) in [6.07, 6.45) is 0. The Balaban J connectivity index is 1.84. The van der Waals surface area contributed by atoms with Crippen LogP contribution in [0.3, 0.4) is 0 Å². The minimum absolute atomic E-state index is 0.0403. The van der Waals surface area contributed by atoms with Crippen molar-refractivity contribution in [1.29, 1.82) is 0 Å². The molecular weight excluding hydrogens is 376 g/mol. The van der Waals surface area contributed by atoms with E-state index >= 15 is 0 Å². The lowest BCUT2D eigenvalue weighted by molar-refractivity contribution is 0.0915. The third-order valence-corrected chi connectivity index (χ3v) is 5.41. The van der Waals surface area contributed by atoms with Gasteiger partial charge >= 0.3 is 0 Å². The minimum atomic E-state index is -0.246. The van der Waals surface area contributed by atoms with Crippen LogP contribution in [0.1, 0.15) is 33.3 Å². The molecule has 1 N–H and O–H groups in total. The Morgan fingerprint density at radius 3 is 2.64 bits per heavy atom. The number of carbonyl (C=O) groups excluding carboxylic acids is 1. The van der Waals surface area contributed by atoms with E-state index in [1.807, 2.05) is 69.2 Å². The summed E-state index contributed by atoms with van der Waals surface area (Å²) in [4.78, 5) is 14.9. The first-order valence-electron chi connectivity index (χ1n) is 9.10. The van der Waals surface area contributed by atoms with Gasteiger partial charge in [-0.1, -0.05) is 29.8 Å². The average molecular weight is 401 g/mol. The Hall–Kier alpha value is -2.50. The first-order valence-corrected chi connectivity index (χ1v) is 9.48. The monoisotopic (exact) mass is 400 g/mol. The molecule has 0 bridgehead atoms. The number of furan rings is 1. The summed E-state index contributed by atoms with van der Waals surface area (Å²) >= 11 is 6.22. The van der Waals surface area contributed by atoms with Gasteiger partial charge in [-0.25, -0.2) is 0 Å². The Labute approximate surface area is 170 Å². The predicted molar refractivity (Wildman–Crippen MR) is 112 cm³/mol. The predicted octanol–water partition coefficient (Wildman–Crippen LogP) is 4.74. The van der Waals surface area contributed by atoms with Crippen LogP contribution in [0.2, 0.25) is 5.02 Å². The Kier molecular flexibility index (Phi) is 5.96. The van der Waals surface area contributed by atoms with Gasteiger partial charge in [0.1, 0.15) is 11.3 Å². The van der Waals surface area contributed by atoms with E-state index in [4.69, 9.17) is 20.8 Å². The third kappa shape index (κ3) is 3.86. The number of halogens is 1. The van der Waals surface area contributed by atoms with Gasteiger partial charge in [-0.3, -0.25) is 4.79 Å². The number of methoxy groups -OCH3 is 1. The summed E-state index contributed by atoms with van der Waals surface area (Å²) in [7, 11) is 5.59. The van der Waals surface area contributed by atoms with Crippen LogP contribution in [0, 0.1) is 13.8 Å². The number of nitrogens with zero attached hydrogens (tertiary/aromatic N) is 1. The minimum Gasteiger partial charge on any atom is -0.496 e. The number of fused-ring (bicyclic) bond motifs is 1. The fourth-order valence-electron chi connectivity index (χ4n) is 3.34. The van der Waals surface area contributed by atoms with Crippen molar-refractivity contribution in [2.45, 2.75) is 19.9 Å². The SMILES string of the molecule is COc1ccccc1C(CNC(=O)c1oc2cc(C)c(Cl)cc2c1C)N(C)C. The molecule has 28 heavy (non-hydrogen) atoms. The Morgan fingerprint density at radius 2 is 1.96 bits per heavy atom. The molecule has 0 aliphatic heterocycles. The van der Waals surface area contributed by atoms with Crippen LogP contribution in [0.5, 0.6) is 5.75 Å². The van der Waals surface area contributed by atoms with Crippen molar-refractivity contribution < 1.29 is 13.9 Å². The van der Waals surface area contributed by atoms with Gasteiger partial charge in [0.2, 0.25) is 0 Å². The van der Waals surface area contributed by atoms with Crippen molar-refractivity contribution >= 4 is 28.5 Å². The van der Waals surface area contributed by atoms with Crippen LogP contribution in [0.25, 0.3) is 11.0 Å². The molecule has 0 spiro atoms. The molecule has 2 aromatic carbocycles. The molecule has 0 fully saturated rings. The van der Waals surface area contributed by atoms with Gasteiger partial charge in [-0.15, -0.1) is 0 Å². The van der Waals surface area contributed by atoms with E-state index in [1.54, 1.807) is 7.11 Å². The molecule has 1 heterocycles. The smallest absolute Gasteiger partial charge is 0.287 e. The summed E-state index contributed by atoms with van der Waals surface area (Å²) in [6.45, 7) is 4.20. The van der Waals surface area contributed by atoms with Crippen LogP contribution >= 0.6 is 11.6 Å². The lowest BCUT2D eigenvalue weighted by Gasteiger charge is -2.26. The average Bonchev–Trinajstić information content (AvgIpc) is 2.98. The maximum absolute atomic E-state index is 12.8. The molecule has 5 nitrogen and oxygen atoms in total. The van der Waals surface area contributed by atoms with Crippen molar-refractivity contribution in [2.24, 2.45) is 0 Å². The van der Waals surface area contributed by atoms with Crippen molar-refractivity contribution in [2.75, 3.05) is 27.7 Å². The van der Waals surface area contributed by atoms with Gasteiger partial charge in [0.05, 0.1) is 13.2 Å². The van der Waals surface area contributed by atoms with Crippen LogP contribution in [0.4, 0.5) is 0 Å². The Morgan fingerprint density at radius 1 is 1.25 bits per heavy atom. The van der Waals surface area contributed by atoms with Crippen LogP contribution < -0.4 is 10.1 Å². The topological polar surface area (TPSA) is 54.7 Å². The number of likely N-dealkylation sites (N-methyl/N-ethyl adjacent to an activating group) is 1. The van der Waals surface area contributed by atoms with Gasteiger partial charge in [-0.05, 0) is 51.7 Å². The van der Waals surface area contributed by atoms with Crippen molar-refractivity contribution in [3.8, 4) is 5.75 Å². The van der Waals surface area contributed by atoms with Crippen LogP contribution in [0.15, 0.2) is 40.8 Å². The van der Waals surface area contributed by atoms with Crippen LogP contribution in [-0.4, -0.2) is 38.6 Å². The van der Waals surface area contributed by atoms with Crippen molar-refractivity contribution in [3.05, 3.63) is 63.9 Å². The second-order valence-electron chi connectivity index (χ2n) is 7.09. The van der Waals surface area contributed by atoms with E-state index in [1.165, 1.54) is 0 Å². The van der Waals surface area contributed by atoms with Gasteiger partial charge < -0.3 is 19.4 Å². The largest absolute Gasteiger partial charge is 0.496 e. The maximum Gasteiger partial charge on any atom is 0.287 e. The molecule has 0 aliphatic rings. The highest BCUT2D eigenvalue weighted by atomic mass is 35.5. The van der Waals surface area contributed by atoms with Crippen LogP contribution in [-0.2, 0) is 0 Å². The van der Waals surface area contributed by atoms with Gasteiger partial charge in [0.25, 0.3) is 5.91 Å². The number of carbonyl (C=O) groups is 1. The molecule has 0 radical (unpaired) electrons. The van der Waals surface area contributed by atoms with Gasteiger partial charge in [-0.2, -0.15) is 0 Å². The molecule has 1 aromatic heterocycles. The molecule has 1 amide bonds. The number of para-hydroxylation sites is 1. The highest BCUT2D eigenvalue weighted by Gasteiger charge is 2.22. The number of nitrogens with one attached hydrogen (secondary N) is 1. The fourth-order valence-corrected chi connectivity index (χ4v) is 3.50. The number of rotatable bonds is 6. The number of hydrogen-bond acceptors (Lipinski definition) is 4. The first kappa shape index (κ1) is 20.2. The molecule has 1 unspecified atom stereocenters. The summed E-state index contributed by atoms with van der Waals surface area (Å²) in [5.74, 6) is 0.860. The molecular formula is C22H25ClN2O3. The summed E-state index contributed by atoms with van der Waals surface area (Å²) in [5, 5.41) is 4.51. The molecule has 0 saturated heterocycles. The molecule has 1 atom stereocenters. The molecule has 148 valence electrons. The lowest BCUT2D eigenvalue weighted by Crippen LogP contribution is -2.34. The molecule has 0 aliphatic carbocycles. The number of ether oxygens (including phenoxy) is 1. The van der Waals surface area contributed by atoms with E-state index < -0.39 is 0 Å². The second-order valence-corrected chi connectivity index (χ2v) is 7.49. The summed E-state index contributed by atoms with van der Waals surface area (Å²) in [6, 6.07) is 11.5. The third-order valence-electron chi connectivity index (χ3n) is 5.00. The Bertz CT molecular complexity index is 1010. The maximum atomic E-state index is 12.8.